The van der Waals surface area contributed by atoms with Gasteiger partial charge in [0.1, 0.15) is 11.3 Å². The number of nitrogens with zero attached hydrogens (tertiary/aromatic N) is 1. The number of aromatic nitrogens is 1. The van der Waals surface area contributed by atoms with E-state index in [1.54, 1.807) is 56.5 Å². The van der Waals surface area contributed by atoms with Crippen LogP contribution in [0.4, 0.5) is 5.13 Å². The topological polar surface area (TPSA) is 104 Å². The Bertz CT molecular complexity index is 1540. The van der Waals surface area contributed by atoms with Gasteiger partial charge >= 0.3 is 0 Å². The molecule has 0 aliphatic rings. The third-order valence-corrected chi connectivity index (χ3v) is 6.18. The Kier molecular flexibility index (Phi) is 5.77. The molecule has 8 nitrogen and oxygen atoms in total. The largest absolute Gasteiger partial charge is 0.497 e. The SMILES string of the molecule is CCC(Oc1c(-c2ccco2)oc2ccccc2c1=O)C(=O)Nc1nc2ccc(OC)cc2s1. The Morgan fingerprint density at radius 1 is 1.18 bits per heavy atom. The summed E-state index contributed by atoms with van der Waals surface area (Å²) in [5.74, 6) is 0.661. The molecule has 0 bridgehead atoms. The summed E-state index contributed by atoms with van der Waals surface area (Å²) in [7, 11) is 1.59. The first kappa shape index (κ1) is 21.7. The summed E-state index contributed by atoms with van der Waals surface area (Å²) < 4.78 is 23.5. The zero-order valence-corrected chi connectivity index (χ0v) is 19.2. The summed E-state index contributed by atoms with van der Waals surface area (Å²) in [5.41, 5.74) is 0.755. The standard InChI is InChI=1S/C25H20N2O6S/c1-3-17(24(29)27-25-26-16-11-10-14(30-2)13-20(16)34-25)32-23-21(28)15-7-4-5-8-18(15)33-22(23)19-9-6-12-31-19/h4-13,17H,3H2,1-2H3,(H,26,27,29). The molecule has 0 spiro atoms. The molecule has 1 amide bonds. The quantitative estimate of drug-likeness (QED) is 0.332. The fourth-order valence-electron chi connectivity index (χ4n) is 3.54. The van der Waals surface area contributed by atoms with Crippen LogP contribution in [0.3, 0.4) is 0 Å². The normalized spacial score (nSPS) is 12.1. The van der Waals surface area contributed by atoms with E-state index in [-0.39, 0.29) is 16.9 Å². The summed E-state index contributed by atoms with van der Waals surface area (Å²) >= 11 is 1.32. The molecule has 0 aliphatic carbocycles. The van der Waals surface area contributed by atoms with Gasteiger partial charge in [-0.3, -0.25) is 14.9 Å². The monoisotopic (exact) mass is 476 g/mol. The van der Waals surface area contributed by atoms with E-state index in [1.807, 2.05) is 12.1 Å². The molecule has 5 rings (SSSR count). The molecule has 0 radical (unpaired) electrons. The average Bonchev–Trinajstić information content (AvgIpc) is 3.52. The number of carbonyl (C=O) groups excluding carboxylic acids is 1. The van der Waals surface area contributed by atoms with E-state index >= 15 is 0 Å². The van der Waals surface area contributed by atoms with Crippen LogP contribution in [0.2, 0.25) is 0 Å². The van der Waals surface area contributed by atoms with Crippen LogP contribution in [0.1, 0.15) is 13.3 Å². The molecule has 0 aliphatic heterocycles. The lowest BCUT2D eigenvalue weighted by atomic mass is 10.2. The van der Waals surface area contributed by atoms with Crippen LogP contribution in [-0.2, 0) is 4.79 Å². The van der Waals surface area contributed by atoms with Crippen molar-refractivity contribution in [1.82, 2.24) is 4.98 Å². The number of carbonyl (C=O) groups is 1. The average molecular weight is 477 g/mol. The zero-order valence-electron chi connectivity index (χ0n) is 18.4. The molecule has 2 aromatic carbocycles. The molecule has 34 heavy (non-hydrogen) atoms. The highest BCUT2D eigenvalue weighted by molar-refractivity contribution is 7.22. The number of hydrogen-bond donors (Lipinski definition) is 1. The highest BCUT2D eigenvalue weighted by Crippen LogP contribution is 2.33. The van der Waals surface area contributed by atoms with Gasteiger partial charge in [-0.2, -0.15) is 0 Å². The van der Waals surface area contributed by atoms with Gasteiger partial charge in [-0.1, -0.05) is 30.4 Å². The molecule has 1 atom stereocenters. The van der Waals surface area contributed by atoms with Gasteiger partial charge in [0.15, 0.2) is 17.0 Å². The molecule has 0 saturated carbocycles. The predicted octanol–water partition coefficient (Wildman–Crippen LogP) is 5.47. The van der Waals surface area contributed by atoms with Crippen molar-refractivity contribution in [2.45, 2.75) is 19.4 Å². The lowest BCUT2D eigenvalue weighted by Crippen LogP contribution is -2.33. The number of para-hydroxylation sites is 1. The van der Waals surface area contributed by atoms with Crippen LogP contribution in [0.5, 0.6) is 11.5 Å². The van der Waals surface area contributed by atoms with Gasteiger partial charge in [0, 0.05) is 0 Å². The van der Waals surface area contributed by atoms with Crippen LogP contribution in [0, 0.1) is 0 Å². The summed E-state index contributed by atoms with van der Waals surface area (Å²) in [6, 6.07) is 15.7. The second-order valence-corrected chi connectivity index (χ2v) is 8.45. The van der Waals surface area contributed by atoms with Crippen LogP contribution in [0.25, 0.3) is 32.7 Å². The van der Waals surface area contributed by atoms with Gasteiger partial charge in [0.25, 0.3) is 5.91 Å². The number of rotatable bonds is 7. The van der Waals surface area contributed by atoms with Gasteiger partial charge in [0.2, 0.25) is 16.9 Å². The molecular weight excluding hydrogens is 456 g/mol. The van der Waals surface area contributed by atoms with Crippen molar-refractivity contribution in [1.29, 1.82) is 0 Å². The summed E-state index contributed by atoms with van der Waals surface area (Å²) in [6.45, 7) is 1.79. The fourth-order valence-corrected chi connectivity index (χ4v) is 4.43. The number of anilines is 1. The van der Waals surface area contributed by atoms with Crippen molar-refractivity contribution in [2.24, 2.45) is 0 Å². The number of benzene rings is 2. The number of furan rings is 1. The summed E-state index contributed by atoms with van der Waals surface area (Å²) in [5, 5.41) is 3.57. The molecule has 0 fully saturated rings. The highest BCUT2D eigenvalue weighted by Gasteiger charge is 2.26. The Hall–Kier alpha value is -4.11. The number of amides is 1. The number of nitrogens with one attached hydrogen (secondary N) is 1. The van der Waals surface area contributed by atoms with E-state index < -0.39 is 12.0 Å². The van der Waals surface area contributed by atoms with Crippen molar-refractivity contribution in [3.63, 3.8) is 0 Å². The minimum atomic E-state index is -0.959. The number of ether oxygens (including phenoxy) is 2. The molecule has 3 heterocycles. The minimum Gasteiger partial charge on any atom is -0.497 e. The Balaban J connectivity index is 1.47. The third-order valence-electron chi connectivity index (χ3n) is 5.25. The van der Waals surface area contributed by atoms with Crippen molar-refractivity contribution in [2.75, 3.05) is 12.4 Å². The van der Waals surface area contributed by atoms with E-state index in [4.69, 9.17) is 18.3 Å². The van der Waals surface area contributed by atoms with Gasteiger partial charge in [0.05, 0.1) is 29.0 Å². The maximum absolute atomic E-state index is 13.3. The fraction of sp³-hybridized carbons (Fsp3) is 0.160. The van der Waals surface area contributed by atoms with Gasteiger partial charge in [-0.25, -0.2) is 4.98 Å². The Morgan fingerprint density at radius 3 is 2.79 bits per heavy atom. The maximum atomic E-state index is 13.3. The number of fused-ring (bicyclic) bond motifs is 2. The predicted molar refractivity (Wildman–Crippen MR) is 130 cm³/mol. The van der Waals surface area contributed by atoms with Crippen LogP contribution in [0.15, 0.2) is 74.5 Å². The Morgan fingerprint density at radius 2 is 2.03 bits per heavy atom. The first-order valence-electron chi connectivity index (χ1n) is 10.6. The third kappa shape index (κ3) is 4.01. The highest BCUT2D eigenvalue weighted by atomic mass is 32.1. The van der Waals surface area contributed by atoms with Crippen LogP contribution in [-0.4, -0.2) is 24.1 Å². The van der Waals surface area contributed by atoms with Crippen LogP contribution >= 0.6 is 11.3 Å². The molecule has 0 saturated heterocycles. The molecule has 3 aromatic heterocycles. The van der Waals surface area contributed by atoms with Crippen molar-refractivity contribution in [3.05, 3.63) is 71.1 Å². The first-order chi connectivity index (χ1) is 16.6. The van der Waals surface area contributed by atoms with E-state index in [9.17, 15) is 9.59 Å². The molecular formula is C25H20N2O6S. The second-order valence-electron chi connectivity index (χ2n) is 7.42. The van der Waals surface area contributed by atoms with Gasteiger partial charge < -0.3 is 18.3 Å². The lowest BCUT2D eigenvalue weighted by molar-refractivity contribution is -0.122. The minimum absolute atomic E-state index is 0.0790. The molecule has 1 N–H and O–H groups in total. The van der Waals surface area contributed by atoms with Crippen molar-refractivity contribution >= 4 is 43.6 Å². The molecule has 9 heteroatoms. The van der Waals surface area contributed by atoms with Gasteiger partial charge in [-0.15, -0.1) is 0 Å². The van der Waals surface area contributed by atoms with Crippen LogP contribution < -0.4 is 20.2 Å². The number of methoxy groups -OCH3 is 1. The summed E-state index contributed by atoms with van der Waals surface area (Å²) in [6.07, 6.45) is 0.828. The zero-order chi connectivity index (χ0) is 23.7. The van der Waals surface area contributed by atoms with E-state index in [1.165, 1.54) is 17.6 Å². The lowest BCUT2D eigenvalue weighted by Gasteiger charge is -2.17. The van der Waals surface area contributed by atoms with Crippen molar-refractivity contribution in [3.8, 4) is 23.0 Å². The molecule has 172 valence electrons. The smallest absolute Gasteiger partial charge is 0.267 e. The Labute approximate surface area is 197 Å². The van der Waals surface area contributed by atoms with E-state index in [0.29, 0.717) is 34.0 Å². The molecule has 5 aromatic rings. The maximum Gasteiger partial charge on any atom is 0.267 e. The number of hydrogen-bond acceptors (Lipinski definition) is 8. The van der Waals surface area contributed by atoms with Gasteiger partial charge in [-0.05, 0) is 48.9 Å². The first-order valence-corrected chi connectivity index (χ1v) is 11.4. The molecule has 1 unspecified atom stereocenters. The van der Waals surface area contributed by atoms with E-state index in [2.05, 4.69) is 10.3 Å². The second kappa shape index (κ2) is 9.03. The van der Waals surface area contributed by atoms with Crippen molar-refractivity contribution < 1.29 is 23.1 Å². The summed E-state index contributed by atoms with van der Waals surface area (Å²) in [4.78, 5) is 30.8. The number of thiazole rings is 1. The van der Waals surface area contributed by atoms with E-state index in [0.717, 1.165) is 10.2 Å².